The van der Waals surface area contributed by atoms with Crippen LogP contribution in [0.2, 0.25) is 10.0 Å². The smallest absolute Gasteiger partial charge is 0.343 e. The molecule has 3 aromatic rings. The van der Waals surface area contributed by atoms with Crippen LogP contribution < -0.4 is 20.2 Å². The number of anilines is 1. The van der Waals surface area contributed by atoms with Gasteiger partial charge in [0.15, 0.2) is 11.5 Å². The van der Waals surface area contributed by atoms with E-state index < -0.39 is 17.8 Å². The number of rotatable bonds is 6. The molecule has 0 saturated carbocycles. The molecule has 0 aliphatic carbocycles. The third kappa shape index (κ3) is 6.59. The summed E-state index contributed by atoms with van der Waals surface area (Å²) in [6.45, 7) is 3.45. The van der Waals surface area contributed by atoms with Gasteiger partial charge < -0.3 is 14.8 Å². The first-order chi connectivity index (χ1) is 16.7. The first-order valence-corrected chi connectivity index (χ1v) is 11.0. The highest BCUT2D eigenvalue weighted by Gasteiger charge is 2.16. The van der Waals surface area contributed by atoms with Crippen molar-refractivity contribution in [1.82, 2.24) is 5.43 Å². The second kappa shape index (κ2) is 11.5. The quantitative estimate of drug-likeness (QED) is 0.158. The number of amides is 2. The van der Waals surface area contributed by atoms with Crippen LogP contribution >= 0.6 is 23.2 Å². The topological polar surface area (TPSA) is 106 Å². The summed E-state index contributed by atoms with van der Waals surface area (Å²) >= 11 is 11.7. The molecule has 0 bridgehead atoms. The molecule has 0 spiro atoms. The fourth-order valence-corrected chi connectivity index (χ4v) is 3.24. The number of nitrogens with zero attached hydrogens (tertiary/aromatic N) is 1. The van der Waals surface area contributed by atoms with Crippen LogP contribution in [0.25, 0.3) is 0 Å². The van der Waals surface area contributed by atoms with Crippen LogP contribution in [0.15, 0.2) is 65.8 Å². The maximum absolute atomic E-state index is 12.5. The third-order valence-electron chi connectivity index (χ3n) is 4.86. The van der Waals surface area contributed by atoms with Gasteiger partial charge in [-0.3, -0.25) is 9.59 Å². The van der Waals surface area contributed by atoms with Gasteiger partial charge in [-0.2, -0.15) is 5.10 Å². The Morgan fingerprint density at radius 3 is 2.31 bits per heavy atom. The van der Waals surface area contributed by atoms with E-state index in [4.69, 9.17) is 32.7 Å². The lowest BCUT2D eigenvalue weighted by atomic mass is 10.1. The van der Waals surface area contributed by atoms with E-state index in [9.17, 15) is 14.4 Å². The van der Waals surface area contributed by atoms with E-state index >= 15 is 0 Å². The molecule has 2 N–H and O–H groups in total. The molecule has 180 valence electrons. The molecule has 2 amide bonds. The van der Waals surface area contributed by atoms with Crippen molar-refractivity contribution in [1.29, 1.82) is 0 Å². The molecule has 0 heterocycles. The average Bonchev–Trinajstić information content (AvgIpc) is 2.84. The minimum absolute atomic E-state index is 0.224. The number of ether oxygens (including phenoxy) is 2. The number of carbonyl (C=O) groups is 3. The van der Waals surface area contributed by atoms with Crippen molar-refractivity contribution in [3.63, 3.8) is 0 Å². The first kappa shape index (κ1) is 25.7. The fourth-order valence-electron chi connectivity index (χ4n) is 2.95. The van der Waals surface area contributed by atoms with E-state index in [1.165, 1.54) is 25.3 Å². The molecule has 0 saturated heterocycles. The Bertz CT molecular complexity index is 1320. The summed E-state index contributed by atoms with van der Waals surface area (Å²) in [6.07, 6.45) is 0. The molecule has 35 heavy (non-hydrogen) atoms. The van der Waals surface area contributed by atoms with Gasteiger partial charge in [0.25, 0.3) is 0 Å². The van der Waals surface area contributed by atoms with Gasteiger partial charge >= 0.3 is 17.8 Å². The Kier molecular flexibility index (Phi) is 8.46. The molecular formula is C25H21Cl2N3O5. The van der Waals surface area contributed by atoms with Gasteiger partial charge in [-0.05, 0) is 61.9 Å². The number of benzene rings is 3. The van der Waals surface area contributed by atoms with Crippen molar-refractivity contribution in [2.75, 3.05) is 12.4 Å². The molecule has 0 aromatic heterocycles. The van der Waals surface area contributed by atoms with Gasteiger partial charge in [-0.1, -0.05) is 41.4 Å². The number of methoxy groups -OCH3 is 1. The summed E-state index contributed by atoms with van der Waals surface area (Å²) in [7, 11) is 1.44. The van der Waals surface area contributed by atoms with E-state index in [1.807, 2.05) is 19.1 Å². The Morgan fingerprint density at radius 2 is 1.63 bits per heavy atom. The molecule has 0 aliphatic heterocycles. The zero-order chi connectivity index (χ0) is 25.5. The summed E-state index contributed by atoms with van der Waals surface area (Å²) < 4.78 is 10.8. The number of esters is 1. The van der Waals surface area contributed by atoms with Gasteiger partial charge in [0.1, 0.15) is 0 Å². The molecule has 0 atom stereocenters. The minimum Gasteiger partial charge on any atom is -0.493 e. The van der Waals surface area contributed by atoms with E-state index in [0.29, 0.717) is 33.3 Å². The number of hydrazone groups is 1. The lowest BCUT2D eigenvalue weighted by Crippen LogP contribution is -2.32. The average molecular weight is 514 g/mol. The molecule has 0 fully saturated rings. The normalized spacial score (nSPS) is 10.9. The number of carbonyl (C=O) groups excluding carboxylic acids is 3. The third-order valence-corrected chi connectivity index (χ3v) is 5.60. The zero-order valence-corrected chi connectivity index (χ0v) is 20.5. The summed E-state index contributed by atoms with van der Waals surface area (Å²) in [5, 5.41) is 6.92. The van der Waals surface area contributed by atoms with Crippen LogP contribution in [0.3, 0.4) is 0 Å². The van der Waals surface area contributed by atoms with E-state index in [-0.39, 0.29) is 10.8 Å². The summed E-state index contributed by atoms with van der Waals surface area (Å²) in [6, 6.07) is 16.3. The van der Waals surface area contributed by atoms with Crippen molar-refractivity contribution in [2.24, 2.45) is 5.10 Å². The zero-order valence-electron chi connectivity index (χ0n) is 19.0. The van der Waals surface area contributed by atoms with Crippen molar-refractivity contribution in [3.8, 4) is 11.5 Å². The summed E-state index contributed by atoms with van der Waals surface area (Å²) in [5.41, 5.74) is 4.68. The van der Waals surface area contributed by atoms with Gasteiger partial charge in [0, 0.05) is 11.3 Å². The van der Waals surface area contributed by atoms with E-state index in [0.717, 1.165) is 5.56 Å². The van der Waals surface area contributed by atoms with Crippen LogP contribution in [0.1, 0.15) is 28.4 Å². The Labute approximate surface area is 211 Å². The van der Waals surface area contributed by atoms with Crippen molar-refractivity contribution in [3.05, 3.63) is 87.4 Å². The Morgan fingerprint density at radius 1 is 0.886 bits per heavy atom. The number of hydrogen-bond donors (Lipinski definition) is 2. The van der Waals surface area contributed by atoms with Crippen molar-refractivity contribution in [2.45, 2.75) is 13.8 Å². The number of aryl methyl sites for hydroxylation is 1. The monoisotopic (exact) mass is 513 g/mol. The van der Waals surface area contributed by atoms with Crippen molar-refractivity contribution < 1.29 is 23.9 Å². The van der Waals surface area contributed by atoms with Gasteiger partial charge in [0.2, 0.25) is 0 Å². The maximum atomic E-state index is 12.5. The van der Waals surface area contributed by atoms with Crippen LogP contribution in [0.4, 0.5) is 5.69 Å². The van der Waals surface area contributed by atoms with E-state index in [1.54, 1.807) is 37.3 Å². The number of nitrogens with one attached hydrogen (secondary N) is 2. The lowest BCUT2D eigenvalue weighted by molar-refractivity contribution is -0.136. The summed E-state index contributed by atoms with van der Waals surface area (Å²) in [5.74, 6) is -1.91. The molecule has 0 unspecified atom stereocenters. The SMILES string of the molecule is COc1cc(C(C)=NNC(=O)C(=O)Nc2ccc(Cl)c(Cl)c2)ccc1OC(=O)c1ccccc1C. The minimum atomic E-state index is -0.980. The van der Waals surface area contributed by atoms with Crippen molar-refractivity contribution >= 4 is 52.4 Å². The second-order valence-electron chi connectivity index (χ2n) is 7.29. The molecule has 10 heteroatoms. The fraction of sp³-hybridized carbons (Fsp3) is 0.120. The molecule has 3 rings (SSSR count). The second-order valence-corrected chi connectivity index (χ2v) is 8.11. The molecule has 3 aromatic carbocycles. The lowest BCUT2D eigenvalue weighted by Gasteiger charge is -2.12. The highest BCUT2D eigenvalue weighted by molar-refractivity contribution is 6.43. The number of hydrogen-bond acceptors (Lipinski definition) is 6. The largest absolute Gasteiger partial charge is 0.493 e. The Balaban J connectivity index is 1.67. The predicted molar refractivity (Wildman–Crippen MR) is 135 cm³/mol. The molecule has 0 radical (unpaired) electrons. The van der Waals surface area contributed by atoms with Gasteiger partial charge in [0.05, 0.1) is 28.4 Å². The van der Waals surface area contributed by atoms with Crippen LogP contribution in [0.5, 0.6) is 11.5 Å². The van der Waals surface area contributed by atoms with Crippen LogP contribution in [-0.4, -0.2) is 30.6 Å². The maximum Gasteiger partial charge on any atom is 0.343 e. The summed E-state index contributed by atoms with van der Waals surface area (Å²) in [4.78, 5) is 36.8. The van der Waals surface area contributed by atoms with E-state index in [2.05, 4.69) is 15.8 Å². The van der Waals surface area contributed by atoms with Gasteiger partial charge in [-0.15, -0.1) is 0 Å². The highest BCUT2D eigenvalue weighted by atomic mass is 35.5. The van der Waals surface area contributed by atoms with Crippen LogP contribution in [0, 0.1) is 6.92 Å². The molecular weight excluding hydrogens is 493 g/mol. The highest BCUT2D eigenvalue weighted by Crippen LogP contribution is 2.29. The first-order valence-electron chi connectivity index (χ1n) is 10.3. The van der Waals surface area contributed by atoms with Crippen LogP contribution in [-0.2, 0) is 9.59 Å². The predicted octanol–water partition coefficient (Wildman–Crippen LogP) is 5.01. The Hall–Kier alpha value is -3.88. The molecule has 8 nitrogen and oxygen atoms in total. The molecule has 0 aliphatic rings. The number of halogens is 2. The standard InChI is InChI=1S/C25H21Cl2N3O5/c1-14-6-4-5-7-18(14)25(33)35-21-11-8-16(12-22(21)34-3)15(2)29-30-24(32)23(31)28-17-9-10-19(26)20(27)13-17/h4-13H,1-3H3,(H,28,31)(H,30,32). The van der Waals surface area contributed by atoms with Gasteiger partial charge in [-0.25, -0.2) is 10.2 Å².